The van der Waals surface area contributed by atoms with Crippen molar-refractivity contribution in [1.82, 2.24) is 0 Å². The Morgan fingerprint density at radius 2 is 1.56 bits per heavy atom. The number of nitrogens with zero attached hydrogens (tertiary/aromatic N) is 1. The summed E-state index contributed by atoms with van der Waals surface area (Å²) in [7, 11) is -2.69. The van der Waals surface area contributed by atoms with E-state index in [-0.39, 0.29) is 23.0 Å². The van der Waals surface area contributed by atoms with Crippen molar-refractivity contribution in [1.29, 1.82) is 0 Å². The Kier molecular flexibility index (Phi) is 5.86. The average Bonchev–Trinajstić information content (AvgIpc) is 2.79. The molecule has 6 nitrogen and oxygen atoms in total. The van der Waals surface area contributed by atoms with E-state index in [2.05, 4.69) is 0 Å². The molecule has 0 saturated carbocycles. The van der Waals surface area contributed by atoms with E-state index in [9.17, 15) is 13.6 Å². The molecule has 1 unspecified atom stereocenters. The van der Waals surface area contributed by atoms with Gasteiger partial charge in [0, 0.05) is 0 Å². The van der Waals surface area contributed by atoms with Crippen LogP contribution in [0.4, 0.5) is 5.69 Å². The van der Waals surface area contributed by atoms with Crippen LogP contribution in [0, 0.1) is 13.8 Å². The number of aryl methyl sites for hydroxylation is 2. The van der Waals surface area contributed by atoms with Crippen molar-refractivity contribution >= 4 is 27.8 Å². The predicted molar refractivity (Wildman–Crippen MR) is 122 cm³/mol. The molecule has 7 heteroatoms. The minimum Gasteiger partial charge on any atom is -0.588 e. The second-order valence-electron chi connectivity index (χ2n) is 7.45. The molecule has 0 fully saturated rings. The van der Waals surface area contributed by atoms with Crippen molar-refractivity contribution in [2.24, 2.45) is 0 Å². The van der Waals surface area contributed by atoms with E-state index < -0.39 is 16.4 Å². The molecule has 3 aromatic rings. The highest BCUT2D eigenvalue weighted by Gasteiger charge is 2.47. The third-order valence-corrected chi connectivity index (χ3v) is 7.08. The number of ether oxygens (including phenoxy) is 2. The molecule has 1 heterocycles. The Hall–Kier alpha value is -3.42. The summed E-state index contributed by atoms with van der Waals surface area (Å²) in [6, 6.07) is 21.1. The minimum absolute atomic E-state index is 0.00244. The summed E-state index contributed by atoms with van der Waals surface area (Å²) < 4.78 is 39.8. The maximum atomic E-state index is 13.8. The van der Waals surface area contributed by atoms with Crippen LogP contribution in [-0.4, -0.2) is 17.6 Å². The zero-order chi connectivity index (χ0) is 22.9. The summed E-state index contributed by atoms with van der Waals surface area (Å²) in [4.78, 5) is 13.4. The molecule has 0 N–H and O–H groups in total. The van der Waals surface area contributed by atoms with Gasteiger partial charge in [-0.3, -0.25) is 0 Å². The van der Waals surface area contributed by atoms with Gasteiger partial charge in [-0.15, -0.1) is 4.31 Å². The molecule has 0 amide bonds. The monoisotopic (exact) mass is 449 g/mol. The molecule has 0 saturated heterocycles. The van der Waals surface area contributed by atoms with E-state index in [0.717, 1.165) is 9.87 Å². The van der Waals surface area contributed by atoms with Gasteiger partial charge in [-0.05, 0) is 42.7 Å². The lowest BCUT2D eigenvalue weighted by atomic mass is 10.1. The van der Waals surface area contributed by atoms with Gasteiger partial charge in [-0.25, -0.2) is 4.79 Å². The molecule has 0 spiro atoms. The van der Waals surface area contributed by atoms with Crippen molar-refractivity contribution in [2.75, 3.05) is 11.4 Å². The number of benzene rings is 3. The first-order valence-corrected chi connectivity index (χ1v) is 11.5. The van der Waals surface area contributed by atoms with E-state index in [1.54, 1.807) is 44.2 Å². The number of carbonyl (C=O) groups is 1. The Morgan fingerprint density at radius 1 is 0.938 bits per heavy atom. The van der Waals surface area contributed by atoms with Gasteiger partial charge < -0.3 is 14.0 Å². The van der Waals surface area contributed by atoms with Gasteiger partial charge in [0.05, 0.1) is 18.4 Å². The van der Waals surface area contributed by atoms with Gasteiger partial charge in [0.1, 0.15) is 6.61 Å². The minimum atomic E-state index is -4.11. The Bertz CT molecular complexity index is 1230. The lowest BCUT2D eigenvalue weighted by molar-refractivity contribution is -0.140. The fourth-order valence-electron chi connectivity index (χ4n) is 3.85. The summed E-state index contributed by atoms with van der Waals surface area (Å²) in [5.74, 6) is -0.637. The van der Waals surface area contributed by atoms with Gasteiger partial charge in [0.15, 0.2) is 21.1 Å². The van der Waals surface area contributed by atoms with Crippen molar-refractivity contribution in [3.8, 4) is 0 Å². The number of rotatable bonds is 5. The average molecular weight is 450 g/mol. The fourth-order valence-corrected chi connectivity index (χ4v) is 5.66. The lowest BCUT2D eigenvalue weighted by Crippen LogP contribution is -2.43. The van der Waals surface area contributed by atoms with Crippen LogP contribution < -0.4 is 4.31 Å². The third-order valence-electron chi connectivity index (χ3n) is 5.32. The standard InChI is InChI=1S/C25H23NO5S/c1-17-10-9-11-18(2)22(17)26-23(25(27)31-16-19-12-5-4-6-13-19)24(30-3)20-14-7-8-15-21(20)32(26,28)29/h4-15H,16H2,1-3H3. The number of anilines is 1. The van der Waals surface area contributed by atoms with E-state index in [4.69, 9.17) is 9.47 Å². The number of esters is 1. The molecule has 4 rings (SSSR count). The van der Waals surface area contributed by atoms with E-state index in [0.29, 0.717) is 22.4 Å². The van der Waals surface area contributed by atoms with Crippen LogP contribution in [0.3, 0.4) is 0 Å². The van der Waals surface area contributed by atoms with Crippen LogP contribution in [0.25, 0.3) is 5.76 Å². The van der Waals surface area contributed by atoms with Crippen molar-refractivity contribution < 1.29 is 23.0 Å². The van der Waals surface area contributed by atoms with Crippen molar-refractivity contribution in [2.45, 2.75) is 25.3 Å². The Morgan fingerprint density at radius 3 is 2.22 bits per heavy atom. The van der Waals surface area contributed by atoms with Gasteiger partial charge >= 0.3 is 5.97 Å². The maximum Gasteiger partial charge on any atom is 0.363 e. The molecule has 1 aliphatic heterocycles. The normalized spacial score (nSPS) is 17.7. The number of para-hydroxylation sites is 1. The summed E-state index contributed by atoms with van der Waals surface area (Å²) in [6.45, 7) is 3.61. The first-order valence-electron chi connectivity index (χ1n) is 10.1. The fraction of sp³-hybridized carbons (Fsp3) is 0.160. The molecule has 0 aromatic heterocycles. The molecule has 0 radical (unpaired) electrons. The Labute approximate surface area is 188 Å². The molecule has 1 atom stereocenters. The number of methoxy groups -OCH3 is 1. The zero-order valence-corrected chi connectivity index (χ0v) is 18.8. The van der Waals surface area contributed by atoms with Crippen molar-refractivity contribution in [3.63, 3.8) is 0 Å². The lowest BCUT2D eigenvalue weighted by Gasteiger charge is -2.36. The smallest absolute Gasteiger partial charge is 0.363 e. The van der Waals surface area contributed by atoms with Crippen molar-refractivity contribution in [3.05, 3.63) is 101 Å². The number of hydrogen-bond acceptors (Lipinski definition) is 5. The van der Waals surface area contributed by atoms with Crippen LogP contribution in [-0.2, 0) is 35.5 Å². The SMILES string of the molecule is COC1=C(C(=O)OCc2ccccc2)N(c2c(C)cccc2C)[S+](=O)([O-])c2ccccc21. The second kappa shape index (κ2) is 8.61. The summed E-state index contributed by atoms with van der Waals surface area (Å²) >= 11 is 0. The quantitative estimate of drug-likeness (QED) is 0.414. The Balaban J connectivity index is 1.91. The van der Waals surface area contributed by atoms with E-state index in [1.165, 1.54) is 13.2 Å². The number of sulfonamides is 1. The molecule has 1 aliphatic rings. The number of hydrogen-bond donors (Lipinski definition) is 0. The molecular formula is C25H23NO5S. The van der Waals surface area contributed by atoms with E-state index >= 15 is 0 Å². The highest BCUT2D eigenvalue weighted by atomic mass is 32.3. The topological polar surface area (TPSA) is 78.9 Å². The van der Waals surface area contributed by atoms with Crippen LogP contribution in [0.15, 0.2) is 83.4 Å². The van der Waals surface area contributed by atoms with E-state index in [1.807, 2.05) is 36.4 Å². The molecular weight excluding hydrogens is 426 g/mol. The molecule has 0 bridgehead atoms. The first-order chi connectivity index (χ1) is 15.4. The van der Waals surface area contributed by atoms with Crippen LogP contribution in [0.1, 0.15) is 22.3 Å². The summed E-state index contributed by atoms with van der Waals surface area (Å²) in [6.07, 6.45) is 0. The predicted octanol–water partition coefficient (Wildman–Crippen LogP) is 4.79. The first kappa shape index (κ1) is 21.8. The maximum absolute atomic E-state index is 13.8. The third kappa shape index (κ3) is 3.70. The largest absolute Gasteiger partial charge is 0.588 e. The molecule has 164 valence electrons. The van der Waals surface area contributed by atoms with Gasteiger partial charge in [-0.1, -0.05) is 64.9 Å². The summed E-state index contributed by atoms with van der Waals surface area (Å²) in [5.41, 5.74) is 2.76. The van der Waals surface area contributed by atoms with Crippen LogP contribution >= 0.6 is 0 Å². The molecule has 32 heavy (non-hydrogen) atoms. The second-order valence-corrected chi connectivity index (χ2v) is 9.20. The highest BCUT2D eigenvalue weighted by Crippen LogP contribution is 2.45. The number of carbonyl (C=O) groups excluding carboxylic acids is 1. The van der Waals surface area contributed by atoms with Gasteiger partial charge in [-0.2, -0.15) is 0 Å². The summed E-state index contributed by atoms with van der Waals surface area (Å²) in [5, 5.41) is 0. The van der Waals surface area contributed by atoms with Gasteiger partial charge in [0.2, 0.25) is 5.70 Å². The zero-order valence-electron chi connectivity index (χ0n) is 18.0. The van der Waals surface area contributed by atoms with Gasteiger partial charge in [0.25, 0.3) is 0 Å². The highest BCUT2D eigenvalue weighted by molar-refractivity contribution is 7.99. The number of fused-ring (bicyclic) bond motifs is 1. The van der Waals surface area contributed by atoms with Crippen LogP contribution in [0.2, 0.25) is 0 Å². The molecule has 3 aromatic carbocycles. The molecule has 0 aliphatic carbocycles. The van der Waals surface area contributed by atoms with Crippen LogP contribution in [0.5, 0.6) is 0 Å².